The van der Waals surface area contributed by atoms with Gasteiger partial charge in [-0.3, -0.25) is 4.79 Å². The maximum absolute atomic E-state index is 12.2. The lowest BCUT2D eigenvalue weighted by atomic mass is 10.1. The van der Waals surface area contributed by atoms with Crippen LogP contribution in [0, 0.1) is 0 Å². The van der Waals surface area contributed by atoms with Gasteiger partial charge in [0.15, 0.2) is 5.76 Å². The van der Waals surface area contributed by atoms with E-state index in [1.54, 1.807) is 6.20 Å². The average Bonchev–Trinajstić information content (AvgIpc) is 3.14. The van der Waals surface area contributed by atoms with Crippen LogP contribution in [-0.4, -0.2) is 35.8 Å². The van der Waals surface area contributed by atoms with Gasteiger partial charge in [-0.05, 0) is 44.2 Å². The van der Waals surface area contributed by atoms with Crippen molar-refractivity contribution >= 4 is 29.3 Å². The van der Waals surface area contributed by atoms with Crippen molar-refractivity contribution in [3.8, 4) is 11.3 Å². The van der Waals surface area contributed by atoms with Crippen LogP contribution in [0.2, 0.25) is 5.02 Å². The Bertz CT molecular complexity index is 773. The summed E-state index contributed by atoms with van der Waals surface area (Å²) in [5.41, 5.74) is 2.22. The smallest absolute Gasteiger partial charge is 0.233 e. The molecular weight excluding hydrogens is 370 g/mol. The van der Waals surface area contributed by atoms with Crippen molar-refractivity contribution in [3.05, 3.63) is 53.0 Å². The minimum absolute atomic E-state index is 0.0407. The van der Waals surface area contributed by atoms with Gasteiger partial charge in [-0.1, -0.05) is 23.3 Å². The third-order valence-corrected chi connectivity index (χ3v) is 5.54. The fourth-order valence-electron chi connectivity index (χ4n) is 2.57. The second-order valence-electron chi connectivity index (χ2n) is 6.11. The number of thioether (sulfide) groups is 1. The lowest BCUT2D eigenvalue weighted by Crippen LogP contribution is -2.34. The van der Waals surface area contributed by atoms with Crippen LogP contribution in [0.3, 0.4) is 0 Å². The number of hydrogen-bond acceptors (Lipinski definition) is 5. The van der Waals surface area contributed by atoms with Gasteiger partial charge in [-0.2, -0.15) is 0 Å². The van der Waals surface area contributed by atoms with E-state index in [9.17, 15) is 4.79 Å². The van der Waals surface area contributed by atoms with E-state index in [0.717, 1.165) is 25.1 Å². The Morgan fingerprint density at radius 1 is 1.42 bits per heavy atom. The number of halogens is 1. The Morgan fingerprint density at radius 3 is 2.96 bits per heavy atom. The lowest BCUT2D eigenvalue weighted by Gasteiger charge is -2.16. The summed E-state index contributed by atoms with van der Waals surface area (Å²) in [4.78, 5) is 16.5. The summed E-state index contributed by atoms with van der Waals surface area (Å²) < 4.78 is 5.77. The van der Waals surface area contributed by atoms with Crippen LogP contribution < -0.4 is 10.6 Å². The molecule has 0 saturated carbocycles. The Balaban J connectivity index is 1.46. The molecule has 1 aromatic carbocycles. The first-order valence-electron chi connectivity index (χ1n) is 8.60. The molecule has 0 spiro atoms. The number of nitrogens with zero attached hydrogens (tertiary/aromatic N) is 1. The predicted molar refractivity (Wildman–Crippen MR) is 106 cm³/mol. The van der Waals surface area contributed by atoms with Crippen LogP contribution in [0.4, 0.5) is 0 Å². The summed E-state index contributed by atoms with van der Waals surface area (Å²) in [6, 6.07) is 7.42. The molecule has 1 aliphatic rings. The number of amides is 1. The number of oxazole rings is 1. The molecule has 2 aromatic rings. The quantitative estimate of drug-likeness (QED) is 0.705. The molecule has 0 radical (unpaired) electrons. The standard InChI is InChI=1S/C19H22ClN3O2S/c1-13(19(24)23-10-14-6-8-21-9-7-14)26-12-18-22-11-17(25-18)15-2-4-16(20)5-3-15/h2-6,11,13,21H,7-10,12H2,1H3,(H,23,24). The Labute approximate surface area is 162 Å². The normalized spacial score (nSPS) is 15.4. The van der Waals surface area contributed by atoms with Gasteiger partial charge in [0.05, 0.1) is 17.2 Å². The molecule has 7 heteroatoms. The highest BCUT2D eigenvalue weighted by molar-refractivity contribution is 7.99. The van der Waals surface area contributed by atoms with Gasteiger partial charge in [-0.15, -0.1) is 11.8 Å². The zero-order chi connectivity index (χ0) is 18.4. The molecule has 0 saturated heterocycles. The topological polar surface area (TPSA) is 67.2 Å². The monoisotopic (exact) mass is 391 g/mol. The molecule has 2 heterocycles. The number of carbonyl (C=O) groups is 1. The Hall–Kier alpha value is -1.76. The molecule has 3 rings (SSSR count). The number of rotatable bonds is 7. The maximum atomic E-state index is 12.2. The Morgan fingerprint density at radius 2 is 2.23 bits per heavy atom. The third-order valence-electron chi connectivity index (χ3n) is 4.16. The number of carbonyl (C=O) groups excluding carboxylic acids is 1. The number of hydrogen-bond donors (Lipinski definition) is 2. The van der Waals surface area contributed by atoms with E-state index in [1.807, 2.05) is 31.2 Å². The fraction of sp³-hybridized carbons (Fsp3) is 0.368. The van der Waals surface area contributed by atoms with Gasteiger partial charge in [0.2, 0.25) is 11.8 Å². The first-order chi connectivity index (χ1) is 12.6. The zero-order valence-corrected chi connectivity index (χ0v) is 16.2. The van der Waals surface area contributed by atoms with E-state index in [2.05, 4.69) is 21.7 Å². The third kappa shape index (κ3) is 5.37. The summed E-state index contributed by atoms with van der Waals surface area (Å²) in [6.45, 7) is 4.40. The molecule has 2 N–H and O–H groups in total. The first kappa shape index (κ1) is 19.0. The van der Waals surface area contributed by atoms with Gasteiger partial charge in [0.1, 0.15) is 0 Å². The van der Waals surface area contributed by atoms with Crippen LogP contribution in [0.25, 0.3) is 11.3 Å². The van der Waals surface area contributed by atoms with Gasteiger partial charge < -0.3 is 15.1 Å². The van der Waals surface area contributed by atoms with Crippen LogP contribution in [-0.2, 0) is 10.5 Å². The van der Waals surface area contributed by atoms with Crippen molar-refractivity contribution < 1.29 is 9.21 Å². The summed E-state index contributed by atoms with van der Waals surface area (Å²) >= 11 is 7.41. The number of benzene rings is 1. The number of nitrogens with one attached hydrogen (secondary N) is 2. The first-order valence-corrected chi connectivity index (χ1v) is 10.0. The van der Waals surface area contributed by atoms with Gasteiger partial charge >= 0.3 is 0 Å². The number of aromatic nitrogens is 1. The molecule has 26 heavy (non-hydrogen) atoms. The maximum Gasteiger partial charge on any atom is 0.233 e. The highest BCUT2D eigenvalue weighted by Gasteiger charge is 2.16. The van der Waals surface area contributed by atoms with Crippen molar-refractivity contribution in [2.45, 2.75) is 24.3 Å². The van der Waals surface area contributed by atoms with Gasteiger partial charge in [-0.25, -0.2) is 4.98 Å². The van der Waals surface area contributed by atoms with Crippen molar-refractivity contribution in [2.24, 2.45) is 0 Å². The molecule has 0 bridgehead atoms. The van der Waals surface area contributed by atoms with Crippen LogP contribution in [0.15, 0.2) is 46.5 Å². The molecule has 0 aliphatic carbocycles. The van der Waals surface area contributed by atoms with E-state index < -0.39 is 0 Å². The lowest BCUT2D eigenvalue weighted by molar-refractivity contribution is -0.120. The van der Waals surface area contributed by atoms with Crippen LogP contribution in [0.5, 0.6) is 0 Å². The molecule has 1 unspecified atom stereocenters. The molecule has 1 aromatic heterocycles. The van der Waals surface area contributed by atoms with Crippen molar-refractivity contribution in [1.82, 2.24) is 15.6 Å². The molecule has 0 fully saturated rings. The van der Waals surface area contributed by atoms with Crippen LogP contribution in [0.1, 0.15) is 19.2 Å². The van der Waals surface area contributed by atoms with Gasteiger partial charge in [0, 0.05) is 23.7 Å². The average molecular weight is 392 g/mol. The summed E-state index contributed by atoms with van der Waals surface area (Å²) in [6.07, 6.45) is 4.84. The van der Waals surface area contributed by atoms with Crippen LogP contribution >= 0.6 is 23.4 Å². The van der Waals surface area contributed by atoms with E-state index in [1.165, 1.54) is 17.3 Å². The highest BCUT2D eigenvalue weighted by atomic mass is 35.5. The van der Waals surface area contributed by atoms with E-state index in [-0.39, 0.29) is 11.2 Å². The van der Waals surface area contributed by atoms with Crippen molar-refractivity contribution in [3.63, 3.8) is 0 Å². The van der Waals surface area contributed by atoms with Crippen molar-refractivity contribution in [2.75, 3.05) is 19.6 Å². The highest BCUT2D eigenvalue weighted by Crippen LogP contribution is 2.25. The van der Waals surface area contributed by atoms with E-state index >= 15 is 0 Å². The second-order valence-corrected chi connectivity index (χ2v) is 7.88. The zero-order valence-electron chi connectivity index (χ0n) is 14.6. The minimum Gasteiger partial charge on any atom is -0.440 e. The minimum atomic E-state index is -0.164. The molecule has 138 valence electrons. The summed E-state index contributed by atoms with van der Waals surface area (Å²) in [5, 5.41) is 6.79. The Kier molecular flexibility index (Phi) is 6.77. The molecule has 1 amide bonds. The largest absolute Gasteiger partial charge is 0.440 e. The van der Waals surface area contributed by atoms with E-state index in [4.69, 9.17) is 16.0 Å². The molecular formula is C19H22ClN3O2S. The molecule has 1 atom stereocenters. The van der Waals surface area contributed by atoms with E-state index in [0.29, 0.717) is 29.0 Å². The fourth-order valence-corrected chi connectivity index (χ4v) is 3.46. The SMILES string of the molecule is CC(SCc1ncc(-c2ccc(Cl)cc2)o1)C(=O)NCC1=CCNCC1. The summed E-state index contributed by atoms with van der Waals surface area (Å²) in [5.74, 6) is 1.90. The van der Waals surface area contributed by atoms with Gasteiger partial charge in [0.25, 0.3) is 0 Å². The summed E-state index contributed by atoms with van der Waals surface area (Å²) in [7, 11) is 0. The van der Waals surface area contributed by atoms with Crippen molar-refractivity contribution in [1.29, 1.82) is 0 Å². The predicted octanol–water partition coefficient (Wildman–Crippen LogP) is 3.65. The molecule has 1 aliphatic heterocycles. The molecule has 5 nitrogen and oxygen atoms in total. The second kappa shape index (κ2) is 9.26.